The first-order valence-electron chi connectivity index (χ1n) is 5.62. The van der Waals surface area contributed by atoms with E-state index in [4.69, 9.17) is 16.6 Å². The molecule has 0 saturated carbocycles. The zero-order chi connectivity index (χ0) is 14.4. The molecular formula is C10H15N5O4. The second-order valence-electron chi connectivity index (χ2n) is 3.98. The van der Waals surface area contributed by atoms with E-state index in [2.05, 4.69) is 15.1 Å². The molecule has 9 nitrogen and oxygen atoms in total. The quantitative estimate of drug-likeness (QED) is 0.416. The van der Waals surface area contributed by atoms with Crippen molar-refractivity contribution in [3.05, 3.63) is 10.7 Å². The molecule has 0 spiro atoms. The number of nitrogens with two attached hydrogens (primary N) is 2. The first-order valence-corrected chi connectivity index (χ1v) is 5.62. The van der Waals surface area contributed by atoms with Crippen molar-refractivity contribution in [2.24, 2.45) is 10.9 Å². The van der Waals surface area contributed by atoms with Crippen LogP contribution in [0.2, 0.25) is 0 Å². The molecule has 1 heterocycles. The lowest BCUT2D eigenvalue weighted by Crippen LogP contribution is -2.15. The average molecular weight is 269 g/mol. The zero-order valence-corrected chi connectivity index (χ0v) is 10.1. The van der Waals surface area contributed by atoms with E-state index < -0.39 is 23.6 Å². The highest BCUT2D eigenvalue weighted by atomic mass is 16.4. The van der Waals surface area contributed by atoms with Crippen LogP contribution in [0.3, 0.4) is 0 Å². The van der Waals surface area contributed by atoms with Crippen LogP contribution in [0.25, 0.3) is 0 Å². The molecule has 1 rings (SSSR count). The lowest BCUT2D eigenvalue weighted by atomic mass is 10.1. The number of rotatable bonds is 7. The molecule has 1 aromatic heterocycles. The van der Waals surface area contributed by atoms with Gasteiger partial charge in [0.15, 0.2) is 11.6 Å². The highest BCUT2D eigenvalue weighted by Crippen LogP contribution is 2.30. The fourth-order valence-corrected chi connectivity index (χ4v) is 1.50. The first-order chi connectivity index (χ1) is 8.95. The molecular weight excluding hydrogens is 254 g/mol. The third kappa shape index (κ3) is 4.14. The molecule has 0 aliphatic carbocycles. The minimum atomic E-state index is -0.867. The maximum atomic E-state index is 10.3. The number of carboxylic acids is 1. The van der Waals surface area contributed by atoms with Crippen LogP contribution in [0.5, 0.6) is 5.88 Å². The largest absolute Gasteiger partial charge is 0.492 e. The van der Waals surface area contributed by atoms with Gasteiger partial charge in [0, 0.05) is 6.42 Å². The smallest absolute Gasteiger partial charge is 0.303 e. The lowest BCUT2D eigenvalue weighted by molar-refractivity contribution is -0.137. The highest BCUT2D eigenvalue weighted by Gasteiger charge is 2.16. The molecule has 104 valence electrons. The van der Waals surface area contributed by atoms with Gasteiger partial charge in [-0.3, -0.25) is 4.79 Å². The average Bonchev–Trinajstić information content (AvgIpc) is 2.33. The maximum Gasteiger partial charge on any atom is 0.303 e. The molecule has 6 N–H and O–H groups in total. The molecule has 1 aromatic rings. The van der Waals surface area contributed by atoms with Crippen molar-refractivity contribution in [1.29, 1.82) is 0 Å². The molecule has 0 aromatic carbocycles. The van der Waals surface area contributed by atoms with Crippen molar-refractivity contribution in [2.75, 3.05) is 5.73 Å². The summed E-state index contributed by atoms with van der Waals surface area (Å²) < 4.78 is 0. The molecule has 0 aliphatic heterocycles. The third-order valence-electron chi connectivity index (χ3n) is 2.49. The zero-order valence-electron chi connectivity index (χ0n) is 10.1. The molecule has 1 unspecified atom stereocenters. The van der Waals surface area contributed by atoms with Crippen molar-refractivity contribution in [2.45, 2.75) is 31.7 Å². The minimum Gasteiger partial charge on any atom is -0.492 e. The van der Waals surface area contributed by atoms with Crippen LogP contribution in [0, 0.1) is 4.91 Å². The second kappa shape index (κ2) is 6.59. The monoisotopic (exact) mass is 269 g/mol. The summed E-state index contributed by atoms with van der Waals surface area (Å²) in [4.78, 5) is 28.1. The highest BCUT2D eigenvalue weighted by molar-refractivity contribution is 5.66. The predicted molar refractivity (Wildman–Crippen MR) is 66.6 cm³/mol. The van der Waals surface area contributed by atoms with Gasteiger partial charge < -0.3 is 21.7 Å². The van der Waals surface area contributed by atoms with Gasteiger partial charge in [0.2, 0.25) is 11.6 Å². The third-order valence-corrected chi connectivity index (χ3v) is 2.49. The summed E-state index contributed by atoms with van der Waals surface area (Å²) >= 11 is 0. The summed E-state index contributed by atoms with van der Waals surface area (Å²) in [6.45, 7) is 0. The summed E-state index contributed by atoms with van der Waals surface area (Å²) in [6.07, 6.45) is 1.57. The van der Waals surface area contributed by atoms with Crippen LogP contribution < -0.4 is 11.5 Å². The van der Waals surface area contributed by atoms with Crippen LogP contribution in [0.15, 0.2) is 5.18 Å². The lowest BCUT2D eigenvalue weighted by Gasteiger charge is -2.11. The van der Waals surface area contributed by atoms with Gasteiger partial charge in [0.25, 0.3) is 0 Å². The number of hydrogen-bond acceptors (Lipinski definition) is 8. The van der Waals surface area contributed by atoms with E-state index in [9.17, 15) is 14.8 Å². The van der Waals surface area contributed by atoms with E-state index in [1.54, 1.807) is 0 Å². The molecule has 1 atom stereocenters. The number of aromatic hydroxyl groups is 1. The topological polar surface area (TPSA) is 165 Å². The van der Waals surface area contributed by atoms with E-state index in [-0.39, 0.29) is 18.1 Å². The molecule has 0 bridgehead atoms. The fourth-order valence-electron chi connectivity index (χ4n) is 1.50. The number of aliphatic carboxylic acids is 1. The standard InChI is InChI=1S/C10H15N5O4/c11-5(3-1-2-4-6(16)17)9-13-8(12)7(15-19)10(18)14-9/h5H,1-4,11H2,(H,16,17)(H3,12,13,14,18). The number of carbonyl (C=O) groups is 1. The Morgan fingerprint density at radius 2 is 2.05 bits per heavy atom. The fraction of sp³-hybridized carbons (Fsp3) is 0.500. The van der Waals surface area contributed by atoms with E-state index in [0.717, 1.165) is 0 Å². The van der Waals surface area contributed by atoms with Crippen molar-refractivity contribution >= 4 is 17.5 Å². The maximum absolute atomic E-state index is 10.3. The molecule has 0 fully saturated rings. The number of carboxylic acid groups (broad SMARTS) is 1. The summed E-state index contributed by atoms with van der Waals surface area (Å²) in [5, 5.41) is 20.4. The van der Waals surface area contributed by atoms with Gasteiger partial charge in [-0.15, -0.1) is 4.91 Å². The van der Waals surface area contributed by atoms with Crippen molar-refractivity contribution in [3.8, 4) is 5.88 Å². The van der Waals surface area contributed by atoms with Crippen LogP contribution in [0.4, 0.5) is 11.5 Å². The number of nitroso groups, excluding NO2 is 1. The SMILES string of the molecule is Nc1nc(C(N)CCCCC(=O)O)nc(O)c1N=O. The van der Waals surface area contributed by atoms with Gasteiger partial charge in [0.05, 0.1) is 6.04 Å². The van der Waals surface area contributed by atoms with Gasteiger partial charge >= 0.3 is 5.97 Å². The van der Waals surface area contributed by atoms with Gasteiger partial charge in [-0.25, -0.2) is 4.98 Å². The van der Waals surface area contributed by atoms with Crippen molar-refractivity contribution in [3.63, 3.8) is 0 Å². The van der Waals surface area contributed by atoms with E-state index in [1.807, 2.05) is 0 Å². The van der Waals surface area contributed by atoms with Crippen LogP contribution in [-0.2, 0) is 4.79 Å². The number of nitrogens with zero attached hydrogens (tertiary/aromatic N) is 3. The summed E-state index contributed by atoms with van der Waals surface area (Å²) in [5.74, 6) is -1.62. The Morgan fingerprint density at radius 1 is 1.37 bits per heavy atom. The summed E-state index contributed by atoms with van der Waals surface area (Å²) in [6, 6.07) is -0.595. The Hall–Kier alpha value is -2.29. The summed E-state index contributed by atoms with van der Waals surface area (Å²) in [7, 11) is 0. The molecule has 9 heteroatoms. The number of nitrogen functional groups attached to an aromatic ring is 1. The minimum absolute atomic E-state index is 0.0645. The van der Waals surface area contributed by atoms with Gasteiger partial charge in [0.1, 0.15) is 0 Å². The number of anilines is 1. The normalized spacial score (nSPS) is 12.1. The van der Waals surface area contributed by atoms with Gasteiger partial charge in [-0.2, -0.15) is 4.98 Å². The Bertz CT molecular complexity index is 456. The number of aromatic nitrogens is 2. The first kappa shape index (κ1) is 14.8. The van der Waals surface area contributed by atoms with Crippen LogP contribution in [-0.4, -0.2) is 26.2 Å². The van der Waals surface area contributed by atoms with Crippen LogP contribution in [0.1, 0.15) is 37.5 Å². The molecule has 0 radical (unpaired) electrons. The van der Waals surface area contributed by atoms with E-state index >= 15 is 0 Å². The number of unbranched alkanes of at least 4 members (excludes halogenated alkanes) is 1. The van der Waals surface area contributed by atoms with Crippen molar-refractivity contribution in [1.82, 2.24) is 9.97 Å². The number of hydrogen-bond donors (Lipinski definition) is 4. The Balaban J connectivity index is 2.64. The molecule has 0 saturated heterocycles. The Morgan fingerprint density at radius 3 is 2.58 bits per heavy atom. The Labute approximate surface area is 108 Å². The van der Waals surface area contributed by atoms with E-state index in [1.165, 1.54) is 0 Å². The predicted octanol–water partition coefficient (Wildman–Crippen LogP) is 0.807. The van der Waals surface area contributed by atoms with Crippen LogP contribution >= 0.6 is 0 Å². The molecule has 19 heavy (non-hydrogen) atoms. The Kier molecular flexibility index (Phi) is 5.12. The van der Waals surface area contributed by atoms with Gasteiger partial charge in [-0.1, -0.05) is 6.42 Å². The van der Waals surface area contributed by atoms with E-state index in [0.29, 0.717) is 19.3 Å². The van der Waals surface area contributed by atoms with Gasteiger partial charge in [-0.05, 0) is 18.0 Å². The molecule has 0 aliphatic rings. The summed E-state index contributed by atoms with van der Waals surface area (Å²) in [5.41, 5.74) is 10.8. The molecule has 0 amide bonds. The second-order valence-corrected chi connectivity index (χ2v) is 3.98. The van der Waals surface area contributed by atoms with Crippen molar-refractivity contribution < 1.29 is 15.0 Å².